The Labute approximate surface area is 314 Å². The largest absolute Gasteiger partial charge is 0.490 e. The summed E-state index contributed by atoms with van der Waals surface area (Å²) in [6, 6.07) is 8.79. The van der Waals surface area contributed by atoms with Crippen LogP contribution in [0.3, 0.4) is 0 Å². The van der Waals surface area contributed by atoms with Crippen molar-refractivity contribution in [3.05, 3.63) is 107 Å². The number of carbonyl (C=O) groups is 2. The second-order valence-electron chi connectivity index (χ2n) is 13.4. The highest BCUT2D eigenvalue weighted by Crippen LogP contribution is 2.34. The fourth-order valence-electron chi connectivity index (χ4n) is 6.49. The summed E-state index contributed by atoms with van der Waals surface area (Å²) in [6.07, 6.45) is -0.593. The van der Waals surface area contributed by atoms with E-state index >= 15 is 0 Å². The molecule has 0 spiro atoms. The lowest BCUT2D eigenvalue weighted by atomic mass is 10.0. The molecule has 17 heteroatoms. The van der Waals surface area contributed by atoms with Crippen LogP contribution in [0.1, 0.15) is 34.9 Å². The Hall–Kier alpha value is -5.42. The zero-order valence-corrected chi connectivity index (χ0v) is 30.3. The minimum absolute atomic E-state index is 0.0326. The van der Waals surface area contributed by atoms with Crippen LogP contribution in [-0.4, -0.2) is 105 Å². The molecule has 0 aliphatic carbocycles. The van der Waals surface area contributed by atoms with Crippen molar-refractivity contribution in [2.45, 2.75) is 45.6 Å². The van der Waals surface area contributed by atoms with Gasteiger partial charge in [0.25, 0.3) is 0 Å². The van der Waals surface area contributed by atoms with E-state index in [0.29, 0.717) is 38.5 Å². The molecule has 0 N–H and O–H groups in total. The van der Waals surface area contributed by atoms with E-state index in [1.165, 1.54) is 17.3 Å². The van der Waals surface area contributed by atoms with Crippen LogP contribution in [0.15, 0.2) is 67.4 Å². The standard InChI is InChI=1S/C38H40F5N7O5/c1-25-15-30(4-3-27(25)23-47-7-11-49(12-8-47)36(51)54-31-17-28(39)19-44-21-31)53-26(2)16-35-33(34(5-6-46-35)38(41,42)43)24-48-9-13-50(14-10-48)37(52)55-32-18-29(40)20-45-22-32/h3-6,15,17-22,26H,7-14,16,23-24H2,1-2H3. The Balaban J connectivity index is 1.02. The number of hydrogen-bond acceptors (Lipinski definition) is 10. The molecule has 4 aromatic rings. The van der Waals surface area contributed by atoms with Crippen LogP contribution in [0.5, 0.6) is 17.2 Å². The van der Waals surface area contributed by atoms with Crippen molar-refractivity contribution in [1.29, 1.82) is 0 Å². The van der Waals surface area contributed by atoms with Gasteiger partial charge in [0, 0.05) is 101 Å². The Bertz CT molecular complexity index is 1970. The minimum atomic E-state index is -4.61. The molecule has 1 atom stereocenters. The number of alkyl halides is 3. The minimum Gasteiger partial charge on any atom is -0.490 e. The molecule has 6 rings (SSSR count). The van der Waals surface area contributed by atoms with Crippen molar-refractivity contribution in [3.8, 4) is 17.2 Å². The van der Waals surface area contributed by atoms with Crippen molar-refractivity contribution in [3.63, 3.8) is 0 Å². The Morgan fingerprint density at radius 1 is 0.745 bits per heavy atom. The van der Waals surface area contributed by atoms with Crippen LogP contribution in [0.2, 0.25) is 0 Å². The molecule has 2 aliphatic rings. The zero-order valence-electron chi connectivity index (χ0n) is 30.3. The van der Waals surface area contributed by atoms with Crippen LogP contribution >= 0.6 is 0 Å². The molecule has 2 aliphatic heterocycles. The first-order valence-corrected chi connectivity index (χ1v) is 17.7. The van der Waals surface area contributed by atoms with Gasteiger partial charge in [-0.25, -0.2) is 18.4 Å². The Morgan fingerprint density at radius 2 is 1.29 bits per heavy atom. The van der Waals surface area contributed by atoms with E-state index in [-0.39, 0.29) is 61.9 Å². The lowest BCUT2D eigenvalue weighted by molar-refractivity contribution is -0.138. The van der Waals surface area contributed by atoms with Crippen LogP contribution in [0.4, 0.5) is 31.5 Å². The first-order chi connectivity index (χ1) is 26.3. The molecule has 2 saturated heterocycles. The summed E-state index contributed by atoms with van der Waals surface area (Å²) >= 11 is 0. The van der Waals surface area contributed by atoms with Gasteiger partial charge in [-0.3, -0.25) is 24.8 Å². The van der Waals surface area contributed by atoms with Crippen LogP contribution in [0, 0.1) is 18.6 Å². The van der Waals surface area contributed by atoms with Crippen molar-refractivity contribution in [1.82, 2.24) is 34.6 Å². The molecule has 0 saturated carbocycles. The second kappa shape index (κ2) is 17.4. The molecule has 292 valence electrons. The maximum absolute atomic E-state index is 14.2. The highest BCUT2D eigenvalue weighted by atomic mass is 19.4. The van der Waals surface area contributed by atoms with Crippen LogP contribution in [0.25, 0.3) is 0 Å². The molecule has 55 heavy (non-hydrogen) atoms. The number of pyridine rings is 3. The van der Waals surface area contributed by atoms with Crippen molar-refractivity contribution < 1.29 is 45.8 Å². The summed E-state index contributed by atoms with van der Waals surface area (Å²) in [5.41, 5.74) is 1.58. The van der Waals surface area contributed by atoms with Crippen molar-refractivity contribution in [2.24, 2.45) is 0 Å². The third kappa shape index (κ3) is 10.6. The van der Waals surface area contributed by atoms with E-state index in [1.54, 1.807) is 11.8 Å². The average Bonchev–Trinajstić information content (AvgIpc) is 3.13. The quantitative estimate of drug-likeness (QED) is 0.175. The maximum Gasteiger partial charge on any atom is 0.416 e. The highest BCUT2D eigenvalue weighted by Gasteiger charge is 2.36. The third-order valence-electron chi connectivity index (χ3n) is 9.39. The molecule has 3 aromatic heterocycles. The number of aromatic nitrogens is 3. The maximum atomic E-state index is 14.2. The summed E-state index contributed by atoms with van der Waals surface area (Å²) in [5.74, 6) is -0.676. The van der Waals surface area contributed by atoms with Gasteiger partial charge in [0.1, 0.15) is 23.5 Å². The monoisotopic (exact) mass is 769 g/mol. The molecular formula is C38H40F5N7O5. The lowest BCUT2D eigenvalue weighted by Gasteiger charge is -2.34. The topological polar surface area (TPSA) is 113 Å². The van der Waals surface area contributed by atoms with Gasteiger partial charge < -0.3 is 24.0 Å². The number of benzene rings is 1. The van der Waals surface area contributed by atoms with Crippen molar-refractivity contribution >= 4 is 12.2 Å². The molecule has 1 unspecified atom stereocenters. The summed E-state index contributed by atoms with van der Waals surface area (Å²) in [6.45, 7) is 7.40. The van der Waals surface area contributed by atoms with Gasteiger partial charge in [-0.15, -0.1) is 0 Å². The molecule has 12 nitrogen and oxygen atoms in total. The normalized spacial score (nSPS) is 16.1. The number of carbonyl (C=O) groups excluding carboxylic acids is 2. The van der Waals surface area contributed by atoms with Gasteiger partial charge in [0.2, 0.25) is 0 Å². The predicted molar refractivity (Wildman–Crippen MR) is 188 cm³/mol. The van der Waals surface area contributed by atoms with E-state index < -0.39 is 41.7 Å². The zero-order chi connectivity index (χ0) is 39.1. The van der Waals surface area contributed by atoms with Gasteiger partial charge in [-0.1, -0.05) is 6.07 Å². The Kier molecular flexibility index (Phi) is 12.4. The van der Waals surface area contributed by atoms with Gasteiger partial charge in [0.15, 0.2) is 11.5 Å². The Morgan fingerprint density at radius 3 is 1.80 bits per heavy atom. The molecule has 0 bridgehead atoms. The van der Waals surface area contributed by atoms with Crippen LogP contribution < -0.4 is 14.2 Å². The summed E-state index contributed by atoms with van der Waals surface area (Å²) < 4.78 is 86.2. The van der Waals surface area contributed by atoms with Gasteiger partial charge in [-0.05, 0) is 43.2 Å². The number of ether oxygens (including phenoxy) is 3. The number of piperazine rings is 2. The summed E-state index contributed by atoms with van der Waals surface area (Å²) in [5, 5.41) is 0. The first-order valence-electron chi connectivity index (χ1n) is 17.7. The summed E-state index contributed by atoms with van der Waals surface area (Å²) in [7, 11) is 0. The van der Waals surface area contributed by atoms with E-state index in [4.69, 9.17) is 14.2 Å². The lowest BCUT2D eigenvalue weighted by Crippen LogP contribution is -2.49. The number of nitrogens with zero attached hydrogens (tertiary/aromatic N) is 7. The van der Waals surface area contributed by atoms with Gasteiger partial charge in [-0.2, -0.15) is 13.2 Å². The predicted octanol–water partition coefficient (Wildman–Crippen LogP) is 6.12. The fraction of sp³-hybridized carbons (Fsp3) is 0.395. The second-order valence-corrected chi connectivity index (χ2v) is 13.4. The van der Waals surface area contributed by atoms with E-state index in [2.05, 4.69) is 19.9 Å². The first kappa shape index (κ1) is 39.3. The molecule has 5 heterocycles. The number of hydrogen-bond donors (Lipinski definition) is 0. The number of halogens is 5. The van der Waals surface area contributed by atoms with E-state index in [1.807, 2.05) is 30.0 Å². The summed E-state index contributed by atoms with van der Waals surface area (Å²) in [4.78, 5) is 43.8. The van der Waals surface area contributed by atoms with Gasteiger partial charge in [0.05, 0.1) is 30.4 Å². The number of rotatable bonds is 10. The average molecular weight is 770 g/mol. The molecule has 2 fully saturated rings. The molecule has 2 amide bonds. The number of aryl methyl sites for hydroxylation is 1. The molecule has 0 radical (unpaired) electrons. The van der Waals surface area contributed by atoms with Crippen molar-refractivity contribution in [2.75, 3.05) is 52.4 Å². The molecule has 1 aromatic carbocycles. The van der Waals surface area contributed by atoms with E-state index in [9.17, 15) is 31.5 Å². The fourth-order valence-corrected chi connectivity index (χ4v) is 6.49. The van der Waals surface area contributed by atoms with Crippen LogP contribution in [-0.2, 0) is 25.7 Å². The molecular weight excluding hydrogens is 729 g/mol. The SMILES string of the molecule is Cc1cc(OC(C)Cc2nccc(C(F)(F)F)c2CN2CCN(C(=O)Oc3cncc(F)c3)CC2)ccc1CN1CCN(C(=O)Oc2cncc(F)c2)CC1. The van der Waals surface area contributed by atoms with Gasteiger partial charge >= 0.3 is 18.4 Å². The highest BCUT2D eigenvalue weighted by molar-refractivity contribution is 5.71. The van der Waals surface area contributed by atoms with E-state index in [0.717, 1.165) is 47.9 Å². The smallest absolute Gasteiger partial charge is 0.416 e. The third-order valence-corrected chi connectivity index (χ3v) is 9.39. The number of amides is 2.